The third-order valence-corrected chi connectivity index (χ3v) is 2.88. The van der Waals surface area contributed by atoms with Crippen molar-refractivity contribution in [2.24, 2.45) is 5.73 Å². The predicted octanol–water partition coefficient (Wildman–Crippen LogP) is -2.62. The summed E-state index contributed by atoms with van der Waals surface area (Å²) in [5.41, 5.74) is 5.12. The highest BCUT2D eigenvalue weighted by molar-refractivity contribution is 5.85. The molecule has 0 unspecified atom stereocenters. The fraction of sp³-hybridized carbons (Fsp3) is 0.727. The van der Waals surface area contributed by atoms with Crippen molar-refractivity contribution < 1.29 is 19.1 Å². The first kappa shape index (κ1) is 15.4. The second kappa shape index (κ2) is 7.70. The van der Waals surface area contributed by atoms with Gasteiger partial charge in [-0.05, 0) is 0 Å². The largest absolute Gasteiger partial charge is 0.375 e. The first-order valence-corrected chi connectivity index (χ1v) is 6.09. The molecule has 0 bridgehead atoms. The van der Waals surface area contributed by atoms with E-state index in [0.717, 1.165) is 0 Å². The maximum Gasteiger partial charge on any atom is 0.248 e. The number of carbonyl (C=O) groups is 3. The highest BCUT2D eigenvalue weighted by Gasteiger charge is 2.23. The van der Waals surface area contributed by atoms with E-state index < -0.39 is 0 Å². The minimum atomic E-state index is -0.359. The van der Waals surface area contributed by atoms with Crippen molar-refractivity contribution in [1.29, 1.82) is 0 Å². The molecule has 0 spiro atoms. The number of ether oxygens (including phenoxy) is 1. The molecular formula is C11H20N4O4. The van der Waals surface area contributed by atoms with E-state index in [4.69, 9.17) is 10.5 Å². The monoisotopic (exact) mass is 272 g/mol. The molecule has 3 amide bonds. The molecule has 0 aliphatic carbocycles. The van der Waals surface area contributed by atoms with E-state index in [9.17, 15) is 14.4 Å². The summed E-state index contributed by atoms with van der Waals surface area (Å²) in [5.74, 6) is -0.603. The number of methoxy groups -OCH3 is 1. The van der Waals surface area contributed by atoms with Crippen molar-refractivity contribution in [2.45, 2.75) is 0 Å². The molecule has 1 aliphatic rings. The predicted molar refractivity (Wildman–Crippen MR) is 67.1 cm³/mol. The van der Waals surface area contributed by atoms with E-state index in [1.807, 2.05) is 0 Å². The van der Waals surface area contributed by atoms with Crippen LogP contribution in [0.15, 0.2) is 0 Å². The number of nitrogens with zero attached hydrogens (tertiary/aromatic N) is 2. The average Bonchev–Trinajstić information content (AvgIpc) is 2.44. The quantitative estimate of drug-likeness (QED) is 0.570. The molecule has 1 saturated heterocycles. The maximum absolute atomic E-state index is 11.8. The molecular weight excluding hydrogens is 252 g/mol. The molecule has 0 atom stereocenters. The van der Waals surface area contributed by atoms with E-state index in [-0.39, 0.29) is 37.4 Å². The van der Waals surface area contributed by atoms with Crippen molar-refractivity contribution in [3.05, 3.63) is 0 Å². The standard InChI is InChI=1S/C11H20N4O4/c1-19-8-11(18)15-4-2-14(3-5-15)10(17)7-13-9(16)6-12/h2-8,12H2,1H3,(H,13,16). The van der Waals surface area contributed by atoms with Gasteiger partial charge in [0, 0.05) is 33.3 Å². The Morgan fingerprint density at radius 2 is 1.63 bits per heavy atom. The van der Waals surface area contributed by atoms with Crippen LogP contribution < -0.4 is 11.1 Å². The van der Waals surface area contributed by atoms with Gasteiger partial charge in [0.1, 0.15) is 6.61 Å². The number of piperazine rings is 1. The lowest BCUT2D eigenvalue weighted by molar-refractivity contribution is -0.141. The van der Waals surface area contributed by atoms with Crippen LogP contribution in [0.1, 0.15) is 0 Å². The van der Waals surface area contributed by atoms with Crippen LogP contribution in [0.3, 0.4) is 0 Å². The lowest BCUT2D eigenvalue weighted by atomic mass is 10.3. The molecule has 1 heterocycles. The van der Waals surface area contributed by atoms with Gasteiger partial charge in [-0.25, -0.2) is 0 Å². The Morgan fingerprint density at radius 3 is 2.11 bits per heavy atom. The molecule has 8 nitrogen and oxygen atoms in total. The van der Waals surface area contributed by atoms with Crippen LogP contribution in [-0.2, 0) is 19.1 Å². The van der Waals surface area contributed by atoms with Gasteiger partial charge in [0.05, 0.1) is 13.1 Å². The number of rotatable bonds is 5. The van der Waals surface area contributed by atoms with Crippen molar-refractivity contribution in [1.82, 2.24) is 15.1 Å². The molecule has 0 aromatic heterocycles. The number of carbonyl (C=O) groups excluding carboxylic acids is 3. The summed E-state index contributed by atoms with van der Waals surface area (Å²) in [6, 6.07) is 0. The van der Waals surface area contributed by atoms with Crippen LogP contribution in [0.4, 0.5) is 0 Å². The fourth-order valence-electron chi connectivity index (χ4n) is 1.78. The summed E-state index contributed by atoms with van der Waals surface area (Å²) < 4.78 is 4.78. The molecule has 0 saturated carbocycles. The number of hydrogen-bond acceptors (Lipinski definition) is 5. The van der Waals surface area contributed by atoms with Gasteiger partial charge in [-0.15, -0.1) is 0 Å². The Balaban J connectivity index is 2.31. The molecule has 19 heavy (non-hydrogen) atoms. The van der Waals surface area contributed by atoms with Crippen LogP contribution in [-0.4, -0.2) is 80.5 Å². The summed E-state index contributed by atoms with van der Waals surface area (Å²) in [5, 5.41) is 2.43. The van der Waals surface area contributed by atoms with Gasteiger partial charge in [-0.2, -0.15) is 0 Å². The number of nitrogens with one attached hydrogen (secondary N) is 1. The molecule has 108 valence electrons. The summed E-state index contributed by atoms with van der Waals surface area (Å²) >= 11 is 0. The molecule has 1 fully saturated rings. The van der Waals surface area contributed by atoms with Gasteiger partial charge in [0.2, 0.25) is 17.7 Å². The zero-order chi connectivity index (χ0) is 14.3. The van der Waals surface area contributed by atoms with Gasteiger partial charge in [0.25, 0.3) is 0 Å². The summed E-state index contributed by atoms with van der Waals surface area (Å²) in [6.07, 6.45) is 0. The average molecular weight is 272 g/mol. The summed E-state index contributed by atoms with van der Waals surface area (Å²) in [7, 11) is 1.47. The summed E-state index contributed by atoms with van der Waals surface area (Å²) in [6.45, 7) is 1.77. The van der Waals surface area contributed by atoms with Crippen molar-refractivity contribution in [2.75, 3.05) is 53.0 Å². The van der Waals surface area contributed by atoms with E-state index in [1.165, 1.54) is 7.11 Å². The van der Waals surface area contributed by atoms with E-state index >= 15 is 0 Å². The minimum Gasteiger partial charge on any atom is -0.375 e. The molecule has 3 N–H and O–H groups in total. The van der Waals surface area contributed by atoms with Gasteiger partial charge in [-0.3, -0.25) is 14.4 Å². The van der Waals surface area contributed by atoms with Crippen LogP contribution >= 0.6 is 0 Å². The molecule has 0 radical (unpaired) electrons. The topological polar surface area (TPSA) is 105 Å². The Bertz CT molecular complexity index is 340. The maximum atomic E-state index is 11.8. The van der Waals surface area contributed by atoms with Gasteiger partial charge < -0.3 is 25.6 Å². The van der Waals surface area contributed by atoms with Gasteiger partial charge in [-0.1, -0.05) is 0 Å². The minimum absolute atomic E-state index is 0.0535. The fourth-order valence-corrected chi connectivity index (χ4v) is 1.78. The Kier molecular flexibility index (Phi) is 6.23. The van der Waals surface area contributed by atoms with Crippen LogP contribution in [0.5, 0.6) is 0 Å². The van der Waals surface area contributed by atoms with Crippen LogP contribution in [0, 0.1) is 0 Å². The van der Waals surface area contributed by atoms with Gasteiger partial charge >= 0.3 is 0 Å². The number of amides is 3. The van der Waals surface area contributed by atoms with Crippen molar-refractivity contribution in [3.8, 4) is 0 Å². The smallest absolute Gasteiger partial charge is 0.248 e. The molecule has 0 aromatic rings. The van der Waals surface area contributed by atoms with Crippen LogP contribution in [0.25, 0.3) is 0 Å². The Morgan fingerprint density at radius 1 is 1.11 bits per heavy atom. The van der Waals surface area contributed by atoms with E-state index in [0.29, 0.717) is 26.2 Å². The first-order valence-electron chi connectivity index (χ1n) is 6.09. The van der Waals surface area contributed by atoms with Crippen LogP contribution in [0.2, 0.25) is 0 Å². The SMILES string of the molecule is COCC(=O)N1CCN(C(=O)CNC(=O)CN)CC1. The first-order chi connectivity index (χ1) is 9.08. The number of nitrogens with two attached hydrogens (primary N) is 1. The lowest BCUT2D eigenvalue weighted by Gasteiger charge is -2.34. The highest BCUT2D eigenvalue weighted by Crippen LogP contribution is 2.02. The third kappa shape index (κ3) is 4.84. The molecule has 8 heteroatoms. The second-order valence-corrected chi connectivity index (χ2v) is 4.18. The summed E-state index contributed by atoms with van der Waals surface area (Å²) in [4.78, 5) is 37.5. The van der Waals surface area contributed by atoms with E-state index in [2.05, 4.69) is 5.32 Å². The lowest BCUT2D eigenvalue weighted by Crippen LogP contribution is -2.53. The zero-order valence-electron chi connectivity index (χ0n) is 11.1. The molecule has 0 aromatic carbocycles. The van der Waals surface area contributed by atoms with Crippen molar-refractivity contribution >= 4 is 17.7 Å². The number of hydrogen-bond donors (Lipinski definition) is 2. The zero-order valence-corrected chi connectivity index (χ0v) is 11.1. The molecule has 1 rings (SSSR count). The normalized spacial score (nSPS) is 15.3. The Labute approximate surface area is 111 Å². The molecule has 1 aliphatic heterocycles. The van der Waals surface area contributed by atoms with E-state index in [1.54, 1.807) is 9.80 Å². The van der Waals surface area contributed by atoms with Gasteiger partial charge in [0.15, 0.2) is 0 Å². The van der Waals surface area contributed by atoms with Crippen molar-refractivity contribution in [3.63, 3.8) is 0 Å². The second-order valence-electron chi connectivity index (χ2n) is 4.18. The Hall–Kier alpha value is -1.67. The third-order valence-electron chi connectivity index (χ3n) is 2.88. The highest BCUT2D eigenvalue weighted by atomic mass is 16.5.